The lowest BCUT2D eigenvalue weighted by Gasteiger charge is -2.23. The predicted octanol–water partition coefficient (Wildman–Crippen LogP) is 4.20. The summed E-state index contributed by atoms with van der Waals surface area (Å²) in [5.41, 5.74) is 0.647. The molecule has 0 aliphatic carbocycles. The van der Waals surface area contributed by atoms with Gasteiger partial charge in [-0.25, -0.2) is 9.37 Å². The summed E-state index contributed by atoms with van der Waals surface area (Å²) in [4.78, 5) is 22.5. The number of anilines is 2. The first-order chi connectivity index (χ1) is 11.8. The summed E-state index contributed by atoms with van der Waals surface area (Å²) in [7, 11) is 0. The molecular formula is C17H14Cl2FN3O2. The maximum atomic E-state index is 14.5. The van der Waals surface area contributed by atoms with E-state index in [4.69, 9.17) is 27.9 Å². The van der Waals surface area contributed by atoms with Crippen LogP contribution in [0.3, 0.4) is 0 Å². The van der Waals surface area contributed by atoms with Crippen LogP contribution in [0, 0.1) is 5.82 Å². The molecule has 0 bridgehead atoms. The number of amides is 1. The molecule has 0 spiro atoms. The quantitative estimate of drug-likeness (QED) is 0.548. The maximum absolute atomic E-state index is 14.5. The van der Waals surface area contributed by atoms with Gasteiger partial charge in [0.2, 0.25) is 11.2 Å². The van der Waals surface area contributed by atoms with Crippen molar-refractivity contribution in [1.82, 2.24) is 9.97 Å². The fourth-order valence-electron chi connectivity index (χ4n) is 3.37. The maximum Gasteiger partial charge on any atom is 0.243 e. The molecule has 0 saturated carbocycles. The minimum Gasteiger partial charge on any atom is -0.490 e. The van der Waals surface area contributed by atoms with Gasteiger partial charge in [0.1, 0.15) is 5.15 Å². The second-order valence-electron chi connectivity index (χ2n) is 6.62. The number of aryl methyl sites for hydroxylation is 1. The molecule has 2 aromatic rings. The van der Waals surface area contributed by atoms with E-state index in [1.807, 2.05) is 0 Å². The van der Waals surface area contributed by atoms with E-state index in [-0.39, 0.29) is 27.9 Å². The molecular weight excluding hydrogens is 368 g/mol. The Kier molecular flexibility index (Phi) is 3.67. The minimum absolute atomic E-state index is 0.0685. The van der Waals surface area contributed by atoms with Gasteiger partial charge in [-0.3, -0.25) is 9.69 Å². The van der Waals surface area contributed by atoms with E-state index >= 15 is 0 Å². The molecule has 2 aliphatic heterocycles. The van der Waals surface area contributed by atoms with Crippen LogP contribution in [-0.4, -0.2) is 22.5 Å². The number of hydrogen-bond donors (Lipinski definition) is 0. The zero-order valence-electron chi connectivity index (χ0n) is 13.6. The van der Waals surface area contributed by atoms with Crippen LogP contribution in [0.15, 0.2) is 12.1 Å². The molecule has 1 aromatic carbocycles. The van der Waals surface area contributed by atoms with Crippen molar-refractivity contribution in [3.05, 3.63) is 39.5 Å². The van der Waals surface area contributed by atoms with Crippen molar-refractivity contribution in [2.24, 2.45) is 0 Å². The van der Waals surface area contributed by atoms with Crippen molar-refractivity contribution < 1.29 is 13.9 Å². The Hall–Kier alpha value is -1.92. The number of nitrogens with zero attached hydrogens (tertiary/aromatic N) is 3. The molecule has 0 saturated heterocycles. The Morgan fingerprint density at radius 2 is 2.04 bits per heavy atom. The van der Waals surface area contributed by atoms with E-state index in [1.54, 1.807) is 19.9 Å². The third-order valence-electron chi connectivity index (χ3n) is 4.59. The molecule has 1 amide bonds. The summed E-state index contributed by atoms with van der Waals surface area (Å²) < 4.78 is 19.9. The monoisotopic (exact) mass is 381 g/mol. The van der Waals surface area contributed by atoms with E-state index in [0.717, 1.165) is 12.0 Å². The van der Waals surface area contributed by atoms with Crippen molar-refractivity contribution in [1.29, 1.82) is 0 Å². The average molecular weight is 382 g/mol. The van der Waals surface area contributed by atoms with Crippen molar-refractivity contribution in [3.63, 3.8) is 0 Å². The lowest BCUT2D eigenvalue weighted by Crippen LogP contribution is -2.33. The van der Waals surface area contributed by atoms with Gasteiger partial charge in [-0.1, -0.05) is 11.6 Å². The van der Waals surface area contributed by atoms with Crippen LogP contribution < -0.4 is 9.64 Å². The van der Waals surface area contributed by atoms with E-state index < -0.39 is 11.2 Å². The van der Waals surface area contributed by atoms with Crippen LogP contribution in [0.5, 0.6) is 5.75 Å². The Balaban J connectivity index is 1.93. The zero-order chi connectivity index (χ0) is 17.9. The number of aromatic nitrogens is 2. The molecule has 130 valence electrons. The molecule has 0 radical (unpaired) electrons. The number of benzene rings is 1. The van der Waals surface area contributed by atoms with Gasteiger partial charge in [0, 0.05) is 11.6 Å². The molecule has 1 aromatic heterocycles. The van der Waals surface area contributed by atoms with Crippen LogP contribution in [0.25, 0.3) is 0 Å². The summed E-state index contributed by atoms with van der Waals surface area (Å²) >= 11 is 12.1. The lowest BCUT2D eigenvalue weighted by atomic mass is 9.88. The number of rotatable bonds is 1. The van der Waals surface area contributed by atoms with Gasteiger partial charge in [-0.05, 0) is 49.9 Å². The highest BCUT2D eigenvalue weighted by molar-refractivity contribution is 6.34. The number of halogens is 3. The summed E-state index contributed by atoms with van der Waals surface area (Å²) in [6.07, 6.45) is 1.48. The van der Waals surface area contributed by atoms with Gasteiger partial charge in [-0.2, -0.15) is 4.98 Å². The number of ether oxygens (including phenoxy) is 1. The Morgan fingerprint density at radius 1 is 1.28 bits per heavy atom. The summed E-state index contributed by atoms with van der Waals surface area (Å²) in [6, 6.07) is 3.03. The predicted molar refractivity (Wildman–Crippen MR) is 92.4 cm³/mol. The molecule has 0 atom stereocenters. The van der Waals surface area contributed by atoms with Crippen LogP contribution >= 0.6 is 23.2 Å². The zero-order valence-corrected chi connectivity index (χ0v) is 15.1. The van der Waals surface area contributed by atoms with Gasteiger partial charge < -0.3 is 4.74 Å². The number of carbonyl (C=O) groups is 1. The highest BCUT2D eigenvalue weighted by atomic mass is 35.5. The molecule has 8 heteroatoms. The summed E-state index contributed by atoms with van der Waals surface area (Å²) in [5, 5.41) is 0.0543. The second-order valence-corrected chi connectivity index (χ2v) is 7.31. The lowest BCUT2D eigenvalue weighted by molar-refractivity contribution is -0.121. The second kappa shape index (κ2) is 5.54. The Bertz CT molecular complexity index is 917. The van der Waals surface area contributed by atoms with Crippen LogP contribution in [-0.2, 0) is 16.6 Å². The molecule has 5 nitrogen and oxygen atoms in total. The highest BCUT2D eigenvalue weighted by Gasteiger charge is 2.48. The standard InChI is InChI=1S/C17H14Cl2FN3O2/c1-17(2)11-13(18)21-16(19)22-14(11)23(15(17)24)9-6-8-4-3-5-25-12(8)10(20)7-9/h6-7H,3-5H2,1-2H3. The normalized spacial score (nSPS) is 18.0. The smallest absolute Gasteiger partial charge is 0.243 e. The van der Waals surface area contributed by atoms with E-state index in [2.05, 4.69) is 9.97 Å². The van der Waals surface area contributed by atoms with Crippen molar-refractivity contribution in [3.8, 4) is 5.75 Å². The van der Waals surface area contributed by atoms with Crippen molar-refractivity contribution >= 4 is 40.6 Å². The van der Waals surface area contributed by atoms with Crippen LogP contribution in [0.4, 0.5) is 15.9 Å². The third-order valence-corrected chi connectivity index (χ3v) is 5.04. The molecule has 0 fully saturated rings. The SMILES string of the molecule is CC1(C)C(=O)N(c2cc(F)c3c(c2)CCCO3)c2nc(Cl)nc(Cl)c21. The Labute approximate surface area is 153 Å². The fraction of sp³-hybridized carbons (Fsp3) is 0.353. The topological polar surface area (TPSA) is 55.3 Å². The molecule has 25 heavy (non-hydrogen) atoms. The first kappa shape index (κ1) is 16.5. The van der Waals surface area contributed by atoms with Crippen LogP contribution in [0.1, 0.15) is 31.4 Å². The average Bonchev–Trinajstić information content (AvgIpc) is 2.73. The van der Waals surface area contributed by atoms with Gasteiger partial charge in [0.05, 0.1) is 17.7 Å². The molecule has 0 N–H and O–H groups in total. The molecule has 4 rings (SSSR count). The van der Waals surface area contributed by atoms with Crippen molar-refractivity contribution in [2.45, 2.75) is 32.1 Å². The van der Waals surface area contributed by atoms with E-state index in [0.29, 0.717) is 24.3 Å². The van der Waals surface area contributed by atoms with Gasteiger partial charge in [-0.15, -0.1) is 0 Å². The number of fused-ring (bicyclic) bond motifs is 2. The number of carbonyl (C=O) groups excluding carboxylic acids is 1. The fourth-order valence-corrected chi connectivity index (χ4v) is 3.98. The number of hydrogen-bond acceptors (Lipinski definition) is 4. The summed E-state index contributed by atoms with van der Waals surface area (Å²) in [5.74, 6) is -0.231. The first-order valence-corrected chi connectivity index (χ1v) is 8.59. The van der Waals surface area contributed by atoms with E-state index in [1.165, 1.54) is 11.0 Å². The molecule has 3 heterocycles. The Morgan fingerprint density at radius 3 is 2.80 bits per heavy atom. The molecule has 2 aliphatic rings. The minimum atomic E-state index is -0.945. The third kappa shape index (κ3) is 2.39. The van der Waals surface area contributed by atoms with Crippen molar-refractivity contribution in [2.75, 3.05) is 11.5 Å². The van der Waals surface area contributed by atoms with Gasteiger partial charge in [0.15, 0.2) is 17.4 Å². The largest absolute Gasteiger partial charge is 0.490 e. The van der Waals surface area contributed by atoms with E-state index in [9.17, 15) is 9.18 Å². The van der Waals surface area contributed by atoms with Crippen LogP contribution in [0.2, 0.25) is 10.4 Å². The summed E-state index contributed by atoms with van der Waals surface area (Å²) in [6.45, 7) is 3.95. The highest BCUT2D eigenvalue weighted by Crippen LogP contribution is 2.48. The van der Waals surface area contributed by atoms with Gasteiger partial charge >= 0.3 is 0 Å². The van der Waals surface area contributed by atoms with Gasteiger partial charge in [0.25, 0.3) is 0 Å². The first-order valence-electron chi connectivity index (χ1n) is 7.84. The molecule has 0 unspecified atom stereocenters.